The number of nitrogens with two attached hydrogens (primary N) is 1. The molecule has 3 N–H and O–H groups in total. The van der Waals surface area contributed by atoms with E-state index in [2.05, 4.69) is 15.3 Å². The maximum absolute atomic E-state index is 12.3. The highest BCUT2D eigenvalue weighted by Crippen LogP contribution is 2.41. The van der Waals surface area contributed by atoms with Crippen molar-refractivity contribution >= 4 is 44.7 Å². The molecule has 1 aliphatic carbocycles. The molecule has 0 spiro atoms. The maximum atomic E-state index is 12.3. The highest BCUT2D eigenvalue weighted by Gasteiger charge is 2.26. The Morgan fingerprint density at radius 3 is 2.95 bits per heavy atom. The number of anilines is 3. The van der Waals surface area contributed by atoms with E-state index in [4.69, 9.17) is 5.73 Å². The Bertz CT molecular complexity index is 661. The van der Waals surface area contributed by atoms with E-state index in [0.717, 1.165) is 17.4 Å². The molecule has 112 valence electrons. The Balaban J connectivity index is 1.73. The minimum atomic E-state index is -0.238. The Morgan fingerprint density at radius 2 is 2.29 bits per heavy atom. The monoisotopic (exact) mass is 323 g/mol. The van der Waals surface area contributed by atoms with Crippen LogP contribution in [-0.4, -0.2) is 29.5 Å². The molecule has 2 heterocycles. The van der Waals surface area contributed by atoms with Crippen LogP contribution in [0, 0.1) is 0 Å². The number of rotatable bonds is 5. The van der Waals surface area contributed by atoms with Gasteiger partial charge in [0.15, 0.2) is 10.3 Å². The summed E-state index contributed by atoms with van der Waals surface area (Å²) in [6.07, 6.45) is 2.40. The predicted molar refractivity (Wildman–Crippen MR) is 87.5 cm³/mol. The number of hydrogen-bond donors (Lipinski definition) is 2. The Kier molecular flexibility index (Phi) is 3.81. The maximum Gasteiger partial charge on any atom is 0.271 e. The average molecular weight is 323 g/mol. The van der Waals surface area contributed by atoms with Gasteiger partial charge in [-0.2, -0.15) is 0 Å². The Morgan fingerprint density at radius 1 is 1.52 bits per heavy atom. The molecule has 0 bridgehead atoms. The molecule has 21 heavy (non-hydrogen) atoms. The number of carbonyl (C=O) groups is 1. The smallest absolute Gasteiger partial charge is 0.271 e. The molecule has 8 heteroatoms. The summed E-state index contributed by atoms with van der Waals surface area (Å²) in [5.74, 6) is 0.620. The van der Waals surface area contributed by atoms with Gasteiger partial charge in [0.1, 0.15) is 10.7 Å². The summed E-state index contributed by atoms with van der Waals surface area (Å²) in [6.45, 7) is 2.83. The predicted octanol–water partition coefficient (Wildman–Crippen LogP) is 2.77. The highest BCUT2D eigenvalue weighted by atomic mass is 32.1. The fourth-order valence-corrected chi connectivity index (χ4v) is 3.54. The number of nitrogens with one attached hydrogen (secondary N) is 1. The SMILES string of the molecule is CCN(C)c1nc(N)c(C(=O)Nc2nc(C3CC3)cs2)s1. The molecule has 2 aromatic heterocycles. The number of nitrogen functional groups attached to an aromatic ring is 1. The summed E-state index contributed by atoms with van der Waals surface area (Å²) < 4.78 is 0. The summed E-state index contributed by atoms with van der Waals surface area (Å²) in [6, 6.07) is 0. The summed E-state index contributed by atoms with van der Waals surface area (Å²) in [7, 11) is 1.92. The third-order valence-corrected chi connectivity index (χ3v) is 5.35. The lowest BCUT2D eigenvalue weighted by Crippen LogP contribution is -2.15. The van der Waals surface area contributed by atoms with Gasteiger partial charge in [-0.1, -0.05) is 11.3 Å². The van der Waals surface area contributed by atoms with Crippen LogP contribution in [0.4, 0.5) is 16.1 Å². The van der Waals surface area contributed by atoms with Crippen molar-refractivity contribution in [2.45, 2.75) is 25.7 Å². The highest BCUT2D eigenvalue weighted by molar-refractivity contribution is 7.18. The molecule has 1 saturated carbocycles. The van der Waals surface area contributed by atoms with Crippen LogP contribution in [-0.2, 0) is 0 Å². The molecular weight excluding hydrogens is 306 g/mol. The van der Waals surface area contributed by atoms with Crippen LogP contribution in [0.5, 0.6) is 0 Å². The first kappa shape index (κ1) is 14.3. The van der Waals surface area contributed by atoms with Gasteiger partial charge in [-0.3, -0.25) is 10.1 Å². The molecular formula is C13H17N5OS2. The molecule has 0 aromatic carbocycles. The molecule has 1 aliphatic rings. The van der Waals surface area contributed by atoms with Crippen molar-refractivity contribution in [1.82, 2.24) is 9.97 Å². The van der Waals surface area contributed by atoms with Crippen molar-refractivity contribution in [3.05, 3.63) is 16.0 Å². The van der Waals surface area contributed by atoms with Gasteiger partial charge in [-0.15, -0.1) is 11.3 Å². The molecule has 0 aliphatic heterocycles. The largest absolute Gasteiger partial charge is 0.382 e. The normalized spacial score (nSPS) is 14.2. The molecule has 0 radical (unpaired) electrons. The van der Waals surface area contributed by atoms with Gasteiger partial charge in [0, 0.05) is 24.9 Å². The van der Waals surface area contributed by atoms with Crippen molar-refractivity contribution in [3.8, 4) is 0 Å². The van der Waals surface area contributed by atoms with Gasteiger partial charge in [-0.25, -0.2) is 9.97 Å². The molecule has 0 unspecified atom stereocenters. The number of amides is 1. The van der Waals surface area contributed by atoms with E-state index < -0.39 is 0 Å². The lowest BCUT2D eigenvalue weighted by molar-refractivity contribution is 0.103. The standard InChI is InChI=1S/C13H17N5OS2/c1-3-18(2)13-16-10(14)9(21-13)11(19)17-12-15-8(6-20-12)7-4-5-7/h6-7H,3-5,14H2,1-2H3,(H,15,17,19). The summed E-state index contributed by atoms with van der Waals surface area (Å²) in [4.78, 5) is 23.3. The second-order valence-electron chi connectivity index (χ2n) is 5.03. The summed E-state index contributed by atoms with van der Waals surface area (Å²) >= 11 is 2.75. The minimum absolute atomic E-state index is 0.238. The first-order chi connectivity index (χ1) is 10.1. The quantitative estimate of drug-likeness (QED) is 0.884. The van der Waals surface area contributed by atoms with Crippen LogP contribution in [0.1, 0.15) is 41.0 Å². The van der Waals surface area contributed by atoms with Crippen LogP contribution >= 0.6 is 22.7 Å². The number of aromatic nitrogens is 2. The number of thiazole rings is 2. The van der Waals surface area contributed by atoms with Gasteiger partial charge in [0.2, 0.25) is 0 Å². The third-order valence-electron chi connectivity index (χ3n) is 3.39. The van der Waals surface area contributed by atoms with Gasteiger partial charge in [-0.05, 0) is 19.8 Å². The van der Waals surface area contributed by atoms with Gasteiger partial charge in [0.25, 0.3) is 5.91 Å². The van der Waals surface area contributed by atoms with E-state index in [9.17, 15) is 4.79 Å². The fraction of sp³-hybridized carbons (Fsp3) is 0.462. The van der Waals surface area contributed by atoms with E-state index in [1.807, 2.05) is 24.3 Å². The van der Waals surface area contributed by atoms with Crippen LogP contribution in [0.2, 0.25) is 0 Å². The molecule has 6 nitrogen and oxygen atoms in total. The Hall–Kier alpha value is -1.67. The first-order valence-electron chi connectivity index (χ1n) is 6.82. The molecule has 0 atom stereocenters. The van der Waals surface area contributed by atoms with Crippen molar-refractivity contribution < 1.29 is 4.79 Å². The van der Waals surface area contributed by atoms with E-state index in [0.29, 0.717) is 15.9 Å². The van der Waals surface area contributed by atoms with Crippen LogP contribution in [0.25, 0.3) is 0 Å². The van der Waals surface area contributed by atoms with E-state index in [-0.39, 0.29) is 11.7 Å². The summed E-state index contributed by atoms with van der Waals surface area (Å²) in [5, 5.41) is 6.20. The van der Waals surface area contributed by atoms with Gasteiger partial charge in [0.05, 0.1) is 5.69 Å². The zero-order valence-corrected chi connectivity index (χ0v) is 13.6. The number of nitrogens with zero attached hydrogens (tertiary/aromatic N) is 3. The van der Waals surface area contributed by atoms with Crippen molar-refractivity contribution in [2.75, 3.05) is 29.5 Å². The molecule has 2 aromatic rings. The van der Waals surface area contributed by atoms with Gasteiger partial charge < -0.3 is 10.6 Å². The number of carbonyl (C=O) groups excluding carboxylic acids is 1. The zero-order chi connectivity index (χ0) is 15.0. The van der Waals surface area contributed by atoms with Crippen molar-refractivity contribution in [1.29, 1.82) is 0 Å². The lowest BCUT2D eigenvalue weighted by Gasteiger charge is -2.10. The van der Waals surface area contributed by atoms with Crippen LogP contribution < -0.4 is 16.0 Å². The summed E-state index contributed by atoms with van der Waals surface area (Å²) in [5.41, 5.74) is 6.93. The topological polar surface area (TPSA) is 84.1 Å². The van der Waals surface area contributed by atoms with E-state index >= 15 is 0 Å². The lowest BCUT2D eigenvalue weighted by atomic mass is 10.3. The average Bonchev–Trinajstić information content (AvgIpc) is 3.09. The first-order valence-corrected chi connectivity index (χ1v) is 8.52. The minimum Gasteiger partial charge on any atom is -0.382 e. The number of hydrogen-bond acceptors (Lipinski definition) is 7. The van der Waals surface area contributed by atoms with Gasteiger partial charge >= 0.3 is 0 Å². The van der Waals surface area contributed by atoms with Crippen LogP contribution in [0.15, 0.2) is 5.38 Å². The van der Waals surface area contributed by atoms with Crippen LogP contribution in [0.3, 0.4) is 0 Å². The van der Waals surface area contributed by atoms with Crippen molar-refractivity contribution in [2.24, 2.45) is 0 Å². The Labute approximate surface area is 131 Å². The fourth-order valence-electron chi connectivity index (χ4n) is 1.85. The van der Waals surface area contributed by atoms with Crippen molar-refractivity contribution in [3.63, 3.8) is 0 Å². The molecule has 1 amide bonds. The second kappa shape index (κ2) is 5.61. The second-order valence-corrected chi connectivity index (χ2v) is 6.87. The molecule has 1 fully saturated rings. The van der Waals surface area contributed by atoms with E-state index in [1.165, 1.54) is 35.5 Å². The zero-order valence-electron chi connectivity index (χ0n) is 11.9. The molecule has 3 rings (SSSR count). The third kappa shape index (κ3) is 3.01. The molecule has 0 saturated heterocycles. The van der Waals surface area contributed by atoms with E-state index in [1.54, 1.807) is 0 Å².